The molecule has 0 aromatic heterocycles. The van der Waals surface area contributed by atoms with Gasteiger partial charge in [-0.1, -0.05) is 11.6 Å². The normalized spacial score (nSPS) is 11.9. The second-order valence-corrected chi connectivity index (χ2v) is 5.39. The van der Waals surface area contributed by atoms with Crippen molar-refractivity contribution in [3.05, 3.63) is 0 Å². The van der Waals surface area contributed by atoms with Crippen molar-refractivity contribution in [1.29, 1.82) is 0 Å². The lowest BCUT2D eigenvalue weighted by Crippen LogP contribution is -2.28. The Kier molecular flexibility index (Phi) is 7.87. The average molecular weight is 261 g/mol. The lowest BCUT2D eigenvalue weighted by atomic mass is 9.98. The highest BCUT2D eigenvalue weighted by Gasteiger charge is 2.26. The van der Waals surface area contributed by atoms with Crippen LogP contribution in [0.25, 0.3) is 0 Å². The van der Waals surface area contributed by atoms with E-state index in [1.165, 1.54) is 0 Å². The predicted octanol–water partition coefficient (Wildman–Crippen LogP) is 3.75. The summed E-state index contributed by atoms with van der Waals surface area (Å²) in [5.41, 5.74) is -0.952. The molecule has 0 amide bonds. The average Bonchev–Trinajstić information content (AvgIpc) is 1.95. The fourth-order valence-corrected chi connectivity index (χ4v) is 0.288. The van der Waals surface area contributed by atoms with Crippen molar-refractivity contribution >= 4 is 17.6 Å². The largest absolute Gasteiger partial charge is 0.347 e. The highest BCUT2D eigenvalue weighted by atomic mass is 35.5. The first kappa shape index (κ1) is 18.0. The predicted molar refractivity (Wildman–Crippen MR) is 58.2 cm³/mol. The maximum Gasteiger partial charge on any atom is 0.347 e. The Morgan fingerprint density at radius 2 is 1.44 bits per heavy atom. The number of rotatable bonds is 1. The number of halogens is 3. The van der Waals surface area contributed by atoms with Crippen LogP contribution in [0.3, 0.4) is 0 Å². The van der Waals surface area contributed by atoms with Gasteiger partial charge in [-0.3, -0.25) is 4.89 Å². The van der Waals surface area contributed by atoms with E-state index >= 15 is 0 Å². The smallest absolute Gasteiger partial charge is 0.297 e. The topological polar surface area (TPSA) is 35.5 Å². The van der Waals surface area contributed by atoms with E-state index in [1.54, 1.807) is 20.8 Å². The minimum atomic E-state index is -2.69. The lowest BCUT2D eigenvalue weighted by Gasteiger charge is -2.20. The highest BCUT2D eigenvalue weighted by Crippen LogP contribution is 2.17. The molecule has 0 fully saturated rings. The summed E-state index contributed by atoms with van der Waals surface area (Å²) in [4.78, 5) is 20.7. The molecule has 0 saturated carbocycles. The molecule has 0 N–H and O–H groups in total. The third kappa shape index (κ3) is 16.0. The molecular formula is C10H19ClF2O3. The van der Waals surface area contributed by atoms with Crippen LogP contribution in [0.5, 0.6) is 0 Å². The molecule has 0 aliphatic heterocycles. The zero-order valence-corrected chi connectivity index (χ0v) is 11.2. The molecular weight excluding hydrogens is 242 g/mol. The van der Waals surface area contributed by atoms with Crippen molar-refractivity contribution in [1.82, 2.24) is 0 Å². The van der Waals surface area contributed by atoms with Crippen LogP contribution in [-0.2, 0) is 14.6 Å². The van der Waals surface area contributed by atoms with Gasteiger partial charge in [-0.05, 0) is 41.5 Å². The SMILES string of the molecule is CC(C)(C)OOC(=O)C(C)(C)C.FC(F)Cl. The van der Waals surface area contributed by atoms with E-state index in [1.807, 2.05) is 20.8 Å². The van der Waals surface area contributed by atoms with Crippen LogP contribution >= 0.6 is 11.6 Å². The summed E-state index contributed by atoms with van der Waals surface area (Å²) >= 11 is 3.94. The third-order valence-corrected chi connectivity index (χ3v) is 0.980. The summed E-state index contributed by atoms with van der Waals surface area (Å²) < 4.78 is 20.2. The molecule has 6 heteroatoms. The zero-order chi connectivity index (χ0) is 13.6. The maximum atomic E-state index is 11.2. The van der Waals surface area contributed by atoms with Gasteiger partial charge in [0.15, 0.2) is 0 Å². The maximum absolute atomic E-state index is 11.2. The van der Waals surface area contributed by atoms with Crippen LogP contribution in [0, 0.1) is 5.41 Å². The van der Waals surface area contributed by atoms with Gasteiger partial charge in [-0.2, -0.15) is 13.7 Å². The number of hydrogen-bond donors (Lipinski definition) is 0. The van der Waals surface area contributed by atoms with Crippen LogP contribution in [0.1, 0.15) is 41.5 Å². The van der Waals surface area contributed by atoms with Gasteiger partial charge in [0.25, 0.3) is 0 Å². The summed E-state index contributed by atoms with van der Waals surface area (Å²) in [6.07, 6.45) is 0. The first-order valence-electron chi connectivity index (χ1n) is 4.68. The Hall–Kier alpha value is -0.420. The summed E-state index contributed by atoms with van der Waals surface area (Å²) in [5, 5.41) is 0. The molecule has 0 aromatic rings. The third-order valence-electron chi connectivity index (χ3n) is 0.980. The molecule has 0 aromatic carbocycles. The van der Waals surface area contributed by atoms with E-state index in [4.69, 9.17) is 4.89 Å². The van der Waals surface area contributed by atoms with Crippen molar-refractivity contribution in [2.24, 2.45) is 5.41 Å². The molecule has 0 spiro atoms. The molecule has 98 valence electrons. The van der Waals surface area contributed by atoms with Gasteiger partial charge in [-0.25, -0.2) is 4.79 Å². The van der Waals surface area contributed by atoms with Gasteiger partial charge in [0.05, 0.1) is 5.41 Å². The standard InChI is InChI=1S/C9H18O3.CHClF2/c1-8(2,3)7(10)11-12-9(4,5)6;2-1(3)4/h1-6H3;1H. The fourth-order valence-electron chi connectivity index (χ4n) is 0.288. The molecule has 0 heterocycles. The van der Waals surface area contributed by atoms with Gasteiger partial charge in [0, 0.05) is 0 Å². The number of carbonyl (C=O) groups excluding carboxylic acids is 1. The fraction of sp³-hybridized carbons (Fsp3) is 0.900. The Balaban J connectivity index is 0. The molecule has 0 saturated heterocycles. The van der Waals surface area contributed by atoms with Gasteiger partial charge < -0.3 is 0 Å². The van der Waals surface area contributed by atoms with Gasteiger partial charge in [0.2, 0.25) is 0 Å². The molecule has 0 aliphatic rings. The second-order valence-electron chi connectivity index (χ2n) is 5.06. The molecule has 0 radical (unpaired) electrons. The van der Waals surface area contributed by atoms with E-state index in [0.29, 0.717) is 0 Å². The molecule has 0 aliphatic carbocycles. The van der Waals surface area contributed by atoms with Crippen LogP contribution < -0.4 is 0 Å². The monoisotopic (exact) mass is 260 g/mol. The Morgan fingerprint density at radius 3 is 1.62 bits per heavy atom. The van der Waals surface area contributed by atoms with Crippen molar-refractivity contribution < 1.29 is 23.4 Å². The van der Waals surface area contributed by atoms with E-state index in [0.717, 1.165) is 0 Å². The number of hydrogen-bond acceptors (Lipinski definition) is 3. The van der Waals surface area contributed by atoms with Gasteiger partial charge in [-0.15, -0.1) is 0 Å². The van der Waals surface area contributed by atoms with Crippen molar-refractivity contribution in [3.63, 3.8) is 0 Å². The van der Waals surface area contributed by atoms with Crippen molar-refractivity contribution in [2.75, 3.05) is 0 Å². The van der Waals surface area contributed by atoms with Gasteiger partial charge in [0.1, 0.15) is 5.60 Å². The van der Waals surface area contributed by atoms with E-state index in [9.17, 15) is 13.6 Å². The molecule has 3 nitrogen and oxygen atoms in total. The summed E-state index contributed by atoms with van der Waals surface area (Å²) in [6.45, 7) is 10.8. The molecule has 0 unspecified atom stereocenters. The van der Waals surface area contributed by atoms with Crippen LogP contribution in [0.4, 0.5) is 8.78 Å². The Labute approximate surface area is 100.0 Å². The molecule has 16 heavy (non-hydrogen) atoms. The Morgan fingerprint density at radius 1 is 1.12 bits per heavy atom. The summed E-state index contributed by atoms with van der Waals surface area (Å²) in [7, 11) is 0. The number of carbonyl (C=O) groups is 1. The summed E-state index contributed by atoms with van der Waals surface area (Å²) in [5.74, 6) is -3.04. The van der Waals surface area contributed by atoms with Crippen molar-refractivity contribution in [2.45, 2.75) is 53.0 Å². The molecule has 0 bridgehead atoms. The second kappa shape index (κ2) is 7.01. The molecule has 0 atom stereocenters. The minimum Gasteiger partial charge on any atom is -0.297 e. The first-order valence-corrected chi connectivity index (χ1v) is 5.12. The van der Waals surface area contributed by atoms with E-state index < -0.39 is 16.9 Å². The van der Waals surface area contributed by atoms with Crippen LogP contribution in [0.2, 0.25) is 0 Å². The van der Waals surface area contributed by atoms with E-state index in [2.05, 4.69) is 16.5 Å². The van der Waals surface area contributed by atoms with Crippen LogP contribution in [0.15, 0.2) is 0 Å². The van der Waals surface area contributed by atoms with Crippen molar-refractivity contribution in [3.8, 4) is 0 Å². The van der Waals surface area contributed by atoms with Crippen LogP contribution in [-0.4, -0.2) is 17.5 Å². The quantitative estimate of drug-likeness (QED) is 0.409. The first-order chi connectivity index (χ1) is 6.86. The lowest BCUT2D eigenvalue weighted by molar-refractivity contribution is -0.325. The number of alkyl halides is 3. The minimum absolute atomic E-state index is 0.350. The van der Waals surface area contributed by atoms with E-state index in [-0.39, 0.29) is 5.97 Å². The Bertz CT molecular complexity index is 204. The summed E-state index contributed by atoms with van der Waals surface area (Å²) in [6, 6.07) is 0. The zero-order valence-electron chi connectivity index (χ0n) is 10.4. The highest BCUT2D eigenvalue weighted by molar-refractivity contribution is 6.18. The molecule has 0 rings (SSSR count). The van der Waals surface area contributed by atoms with Gasteiger partial charge >= 0.3 is 11.9 Å².